The van der Waals surface area contributed by atoms with E-state index >= 15 is 0 Å². The quantitative estimate of drug-likeness (QED) is 0.0944. The summed E-state index contributed by atoms with van der Waals surface area (Å²) < 4.78 is 17.8. The van der Waals surface area contributed by atoms with E-state index in [4.69, 9.17) is 14.2 Å². The fraction of sp³-hybridized carbons (Fsp3) is 0.800. The third-order valence-corrected chi connectivity index (χ3v) is 10.5. The Morgan fingerprint density at radius 1 is 0.848 bits per heavy atom. The van der Waals surface area contributed by atoms with Gasteiger partial charge in [-0.15, -0.1) is 9.24 Å². The maximum absolute atomic E-state index is 13.4. The summed E-state index contributed by atoms with van der Waals surface area (Å²) >= 11 is 0. The second-order valence-electron chi connectivity index (χ2n) is 15.8. The largest absolute Gasteiger partial charge is 0.487 e. The van der Waals surface area contributed by atoms with Gasteiger partial charge in [0.1, 0.15) is 17.1 Å². The lowest BCUT2D eigenvalue weighted by molar-refractivity contribution is -0.152. The second kappa shape index (κ2) is 18.8. The van der Waals surface area contributed by atoms with E-state index in [-0.39, 0.29) is 24.0 Å². The molecule has 1 aromatic carbocycles. The highest BCUT2D eigenvalue weighted by Crippen LogP contribution is 2.46. The summed E-state index contributed by atoms with van der Waals surface area (Å²) in [4.78, 5) is 25.7. The summed E-state index contributed by atoms with van der Waals surface area (Å²) in [6, 6.07) is 0. The van der Waals surface area contributed by atoms with Gasteiger partial charge >= 0.3 is 11.9 Å². The summed E-state index contributed by atoms with van der Waals surface area (Å²) in [5.74, 6) is 3.28. The minimum atomic E-state index is -0.946. The molecule has 2 rings (SSSR count). The number of carbonyl (C=O) groups is 2. The van der Waals surface area contributed by atoms with Gasteiger partial charge in [-0.2, -0.15) is 0 Å². The molecule has 2 unspecified atom stereocenters. The Balaban J connectivity index is 0.00000518. The summed E-state index contributed by atoms with van der Waals surface area (Å²) in [6.07, 6.45) is 13.7. The lowest BCUT2D eigenvalue weighted by atomic mass is 9.82. The maximum atomic E-state index is 13.4. The zero-order valence-electron chi connectivity index (χ0n) is 32.3. The van der Waals surface area contributed by atoms with Gasteiger partial charge in [0.25, 0.3) is 0 Å². The molecule has 1 heterocycles. The maximum Gasteiger partial charge on any atom is 0.321 e. The number of benzene rings is 1. The van der Waals surface area contributed by atoms with Crippen molar-refractivity contribution in [3.63, 3.8) is 0 Å². The van der Waals surface area contributed by atoms with Crippen LogP contribution in [0.15, 0.2) is 0 Å². The number of rotatable bonds is 17. The zero-order valence-corrected chi connectivity index (χ0v) is 33.5. The van der Waals surface area contributed by atoms with Gasteiger partial charge in [0.15, 0.2) is 0 Å². The average Bonchev–Trinajstić information content (AvgIpc) is 2.97. The van der Waals surface area contributed by atoms with Crippen LogP contribution in [-0.2, 0) is 20.7 Å². The smallest absolute Gasteiger partial charge is 0.321 e. The Labute approximate surface area is 286 Å². The van der Waals surface area contributed by atoms with E-state index in [9.17, 15) is 9.59 Å². The van der Waals surface area contributed by atoms with Gasteiger partial charge < -0.3 is 14.2 Å². The van der Waals surface area contributed by atoms with Gasteiger partial charge in [-0.05, 0) is 115 Å². The normalized spacial score (nSPS) is 18.8. The van der Waals surface area contributed by atoms with E-state index in [1.807, 2.05) is 27.7 Å². The Morgan fingerprint density at radius 3 is 1.89 bits per heavy atom. The molecule has 1 aliphatic rings. The van der Waals surface area contributed by atoms with Gasteiger partial charge in [0, 0.05) is 5.56 Å². The van der Waals surface area contributed by atoms with Crippen LogP contribution in [-0.4, -0.2) is 29.8 Å². The molecule has 5 nitrogen and oxygen atoms in total. The molecular weight excluding hydrogens is 591 g/mol. The number of esters is 2. The zero-order chi connectivity index (χ0) is 35.5. The summed E-state index contributed by atoms with van der Waals surface area (Å²) in [7, 11) is 3.97. The molecule has 0 saturated carbocycles. The standard InChI is InChI=1S/C38H65O5P.C2H6/c1-25(2)16-13-17-26(3)18-14-19-27(4)20-15-22-37(10)23-21-31-30(7)32(28(5)29(6)33(31)43-37)42-35(40)38(11,44)24-36(8,9)34(39)41-12;1-2/h25-27H,13-24,44H2,1-12H3;1-2H3/t26-,27-,37+,38?;/m1./s1. The van der Waals surface area contributed by atoms with E-state index in [0.717, 1.165) is 65.0 Å². The van der Waals surface area contributed by atoms with Crippen molar-refractivity contribution in [1.29, 1.82) is 0 Å². The lowest BCUT2D eigenvalue weighted by Gasteiger charge is -2.38. The van der Waals surface area contributed by atoms with Crippen LogP contribution in [0.5, 0.6) is 11.5 Å². The summed E-state index contributed by atoms with van der Waals surface area (Å²) in [6.45, 7) is 27.2. The van der Waals surface area contributed by atoms with Crippen molar-refractivity contribution < 1.29 is 23.8 Å². The first-order valence-electron chi connectivity index (χ1n) is 18.2. The van der Waals surface area contributed by atoms with Crippen molar-refractivity contribution in [3.05, 3.63) is 22.3 Å². The van der Waals surface area contributed by atoms with Crippen LogP contribution >= 0.6 is 9.24 Å². The molecule has 0 aliphatic carbocycles. The molecular formula is C40H71O5P. The van der Waals surface area contributed by atoms with Crippen LogP contribution in [0.4, 0.5) is 0 Å². The van der Waals surface area contributed by atoms with Crippen LogP contribution in [0.25, 0.3) is 0 Å². The van der Waals surface area contributed by atoms with Crippen LogP contribution in [0, 0.1) is 43.9 Å². The Bertz CT molecular complexity index is 1120. The van der Waals surface area contributed by atoms with Crippen molar-refractivity contribution in [2.45, 2.75) is 178 Å². The fourth-order valence-electron chi connectivity index (χ4n) is 6.96. The Kier molecular flexibility index (Phi) is 17.3. The highest BCUT2D eigenvalue weighted by Gasteiger charge is 2.42. The fourth-order valence-corrected chi connectivity index (χ4v) is 7.53. The average molecular weight is 663 g/mol. The molecule has 0 bridgehead atoms. The molecule has 5 atom stereocenters. The molecule has 266 valence electrons. The molecule has 0 N–H and O–H groups in total. The lowest BCUT2D eigenvalue weighted by Crippen LogP contribution is -2.41. The molecule has 0 saturated heterocycles. The van der Waals surface area contributed by atoms with Crippen LogP contribution < -0.4 is 9.47 Å². The number of hydrogen-bond donors (Lipinski definition) is 0. The van der Waals surface area contributed by atoms with Gasteiger partial charge in [-0.1, -0.05) is 86.5 Å². The first-order valence-corrected chi connectivity index (χ1v) is 18.8. The number of carbonyl (C=O) groups excluding carboxylic acids is 2. The van der Waals surface area contributed by atoms with Crippen molar-refractivity contribution >= 4 is 21.2 Å². The van der Waals surface area contributed by atoms with E-state index in [1.165, 1.54) is 58.5 Å². The van der Waals surface area contributed by atoms with Crippen molar-refractivity contribution in [2.75, 3.05) is 7.11 Å². The van der Waals surface area contributed by atoms with Gasteiger partial charge in [-0.25, -0.2) is 0 Å². The molecule has 1 aliphatic heterocycles. The Hall–Kier alpha value is -1.61. The first kappa shape index (κ1) is 42.4. The predicted octanol–water partition coefficient (Wildman–Crippen LogP) is 11.3. The van der Waals surface area contributed by atoms with Crippen LogP contribution in [0.3, 0.4) is 0 Å². The van der Waals surface area contributed by atoms with Gasteiger partial charge in [-0.3, -0.25) is 9.59 Å². The topological polar surface area (TPSA) is 61.8 Å². The van der Waals surface area contributed by atoms with Crippen molar-refractivity contribution in [1.82, 2.24) is 0 Å². The monoisotopic (exact) mass is 663 g/mol. The SMILES string of the molecule is CC.COC(=O)C(C)(C)CC(C)(P)C(=O)Oc1c(C)c(C)c2c(c1C)CC[C@](C)(CCC[C@H](C)CCC[C@H](C)CCCC(C)C)O2. The molecule has 0 aromatic heterocycles. The number of ether oxygens (including phenoxy) is 3. The molecule has 0 amide bonds. The highest BCUT2D eigenvalue weighted by molar-refractivity contribution is 7.20. The van der Waals surface area contributed by atoms with Gasteiger partial charge in [0.05, 0.1) is 17.7 Å². The van der Waals surface area contributed by atoms with Gasteiger partial charge in [0.2, 0.25) is 0 Å². The predicted molar refractivity (Wildman–Crippen MR) is 198 cm³/mol. The number of methoxy groups -OCH3 is 1. The van der Waals surface area contributed by atoms with Crippen LogP contribution in [0.2, 0.25) is 0 Å². The third-order valence-electron chi connectivity index (χ3n) is 10.0. The van der Waals surface area contributed by atoms with E-state index in [1.54, 1.807) is 20.8 Å². The minimum Gasteiger partial charge on any atom is -0.487 e. The summed E-state index contributed by atoms with van der Waals surface area (Å²) in [5, 5.41) is -0.946. The minimum absolute atomic E-state index is 0.183. The van der Waals surface area contributed by atoms with E-state index < -0.39 is 10.6 Å². The van der Waals surface area contributed by atoms with Crippen LogP contribution in [0.1, 0.15) is 162 Å². The third kappa shape index (κ3) is 12.4. The summed E-state index contributed by atoms with van der Waals surface area (Å²) in [5.41, 5.74) is 3.08. The highest BCUT2D eigenvalue weighted by atomic mass is 31.0. The molecule has 0 radical (unpaired) electrons. The number of hydrogen-bond acceptors (Lipinski definition) is 5. The Morgan fingerprint density at radius 2 is 1.37 bits per heavy atom. The number of fused-ring (bicyclic) bond motifs is 1. The molecule has 6 heteroatoms. The first-order chi connectivity index (χ1) is 21.3. The molecule has 46 heavy (non-hydrogen) atoms. The van der Waals surface area contributed by atoms with Crippen molar-refractivity contribution in [3.8, 4) is 11.5 Å². The molecule has 0 fully saturated rings. The van der Waals surface area contributed by atoms with E-state index in [2.05, 4.69) is 50.8 Å². The molecule has 0 spiro atoms. The second-order valence-corrected chi connectivity index (χ2v) is 17.1. The van der Waals surface area contributed by atoms with Crippen molar-refractivity contribution in [2.24, 2.45) is 23.2 Å². The molecule has 1 aromatic rings. The van der Waals surface area contributed by atoms with E-state index in [0.29, 0.717) is 5.75 Å².